The molecule has 1 saturated heterocycles. The van der Waals surface area contributed by atoms with Crippen LogP contribution in [0.4, 0.5) is 0 Å². The van der Waals surface area contributed by atoms with E-state index in [-0.39, 0.29) is 24.5 Å². The second kappa shape index (κ2) is 7.01. The number of thiophene rings is 1. The van der Waals surface area contributed by atoms with E-state index in [1.807, 2.05) is 6.07 Å². The molecule has 0 bridgehead atoms. The zero-order valence-electron chi connectivity index (χ0n) is 13.6. The largest absolute Gasteiger partial charge is 0.393 e. The third kappa shape index (κ3) is 3.75. The molecule has 5 nitrogen and oxygen atoms in total. The van der Waals surface area contributed by atoms with Crippen LogP contribution in [-0.4, -0.2) is 59.5 Å². The summed E-state index contributed by atoms with van der Waals surface area (Å²) in [5.74, 6) is -0.0936. The second-order valence-corrected chi connectivity index (χ2v) is 7.68. The van der Waals surface area contributed by atoms with Crippen molar-refractivity contribution >= 4 is 23.2 Å². The van der Waals surface area contributed by atoms with Gasteiger partial charge in [-0.3, -0.25) is 9.59 Å². The van der Waals surface area contributed by atoms with E-state index in [0.717, 1.165) is 17.7 Å². The van der Waals surface area contributed by atoms with Crippen LogP contribution in [0.2, 0.25) is 0 Å². The fraction of sp³-hybridized carbons (Fsp3) is 0.647. The van der Waals surface area contributed by atoms with Gasteiger partial charge < -0.3 is 14.9 Å². The third-order valence-electron chi connectivity index (χ3n) is 4.74. The molecule has 0 spiro atoms. The number of fused-ring (bicyclic) bond motifs is 1. The maximum Gasteiger partial charge on any atom is 0.264 e. The predicted octanol–water partition coefficient (Wildman–Crippen LogP) is 1.68. The molecule has 126 valence electrons. The Balaban J connectivity index is 1.59. The molecule has 1 fully saturated rings. The molecule has 23 heavy (non-hydrogen) atoms. The number of carbonyl (C=O) groups excluding carboxylic acids is 2. The van der Waals surface area contributed by atoms with E-state index in [1.165, 1.54) is 28.2 Å². The number of likely N-dealkylation sites (tertiary alicyclic amines) is 1. The van der Waals surface area contributed by atoms with Crippen molar-refractivity contribution in [3.8, 4) is 0 Å². The number of rotatable bonds is 3. The molecule has 1 N–H and O–H groups in total. The van der Waals surface area contributed by atoms with Crippen molar-refractivity contribution in [1.82, 2.24) is 9.80 Å². The third-order valence-corrected chi connectivity index (χ3v) is 5.97. The highest BCUT2D eigenvalue weighted by molar-refractivity contribution is 7.14. The maximum absolute atomic E-state index is 12.6. The summed E-state index contributed by atoms with van der Waals surface area (Å²) in [6.07, 6.45) is 5.50. The number of likely N-dealkylation sites (N-methyl/N-ethyl adjacent to an activating group) is 1. The van der Waals surface area contributed by atoms with Crippen molar-refractivity contribution in [3.05, 3.63) is 21.4 Å². The predicted molar refractivity (Wildman–Crippen MR) is 89.7 cm³/mol. The zero-order chi connectivity index (χ0) is 16.4. The molecule has 0 saturated carbocycles. The summed E-state index contributed by atoms with van der Waals surface area (Å²) >= 11 is 1.59. The number of aryl methyl sites for hydroxylation is 2. The quantitative estimate of drug-likeness (QED) is 0.914. The lowest BCUT2D eigenvalue weighted by atomic mass is 9.99. The van der Waals surface area contributed by atoms with Gasteiger partial charge in [0, 0.05) is 25.0 Å². The number of aliphatic hydroxyl groups excluding tert-OH is 1. The first-order valence-electron chi connectivity index (χ1n) is 8.37. The lowest BCUT2D eigenvalue weighted by Crippen LogP contribution is -2.45. The molecule has 0 unspecified atom stereocenters. The number of hydrogen-bond acceptors (Lipinski definition) is 4. The van der Waals surface area contributed by atoms with Crippen LogP contribution < -0.4 is 0 Å². The smallest absolute Gasteiger partial charge is 0.264 e. The van der Waals surface area contributed by atoms with Crippen LogP contribution in [0.1, 0.15) is 45.8 Å². The highest BCUT2D eigenvalue weighted by Crippen LogP contribution is 2.30. The summed E-state index contributed by atoms with van der Waals surface area (Å²) in [4.78, 5) is 30.2. The van der Waals surface area contributed by atoms with Crippen molar-refractivity contribution in [2.75, 3.05) is 26.7 Å². The van der Waals surface area contributed by atoms with Gasteiger partial charge in [0.15, 0.2) is 0 Å². The van der Waals surface area contributed by atoms with E-state index in [9.17, 15) is 14.7 Å². The van der Waals surface area contributed by atoms with E-state index in [1.54, 1.807) is 23.3 Å². The Labute approximate surface area is 140 Å². The van der Waals surface area contributed by atoms with E-state index in [2.05, 4.69) is 0 Å². The number of hydrogen-bond donors (Lipinski definition) is 1. The molecule has 0 aromatic carbocycles. The summed E-state index contributed by atoms with van der Waals surface area (Å²) < 4.78 is 0. The summed E-state index contributed by atoms with van der Waals surface area (Å²) in [7, 11) is 1.69. The molecule has 1 aliphatic heterocycles. The van der Waals surface area contributed by atoms with Crippen LogP contribution in [0.3, 0.4) is 0 Å². The Morgan fingerprint density at radius 1 is 1.30 bits per heavy atom. The zero-order valence-corrected chi connectivity index (χ0v) is 14.4. The normalized spacial score (nSPS) is 18.6. The maximum atomic E-state index is 12.6. The van der Waals surface area contributed by atoms with Gasteiger partial charge in [0.25, 0.3) is 5.91 Å². The number of nitrogens with zero attached hydrogens (tertiary/aromatic N) is 2. The van der Waals surface area contributed by atoms with Gasteiger partial charge in [0.1, 0.15) is 0 Å². The average Bonchev–Trinajstić information content (AvgIpc) is 2.98. The van der Waals surface area contributed by atoms with Gasteiger partial charge in [-0.15, -0.1) is 11.3 Å². The molecule has 0 radical (unpaired) electrons. The monoisotopic (exact) mass is 336 g/mol. The summed E-state index contributed by atoms with van der Waals surface area (Å²) in [6.45, 7) is 1.27. The Morgan fingerprint density at radius 2 is 2.00 bits per heavy atom. The first-order chi connectivity index (χ1) is 11.0. The van der Waals surface area contributed by atoms with E-state index >= 15 is 0 Å². The molecule has 1 aromatic heterocycles. The highest BCUT2D eigenvalue weighted by atomic mass is 32.1. The number of carbonyl (C=O) groups is 2. The van der Waals surface area contributed by atoms with Crippen molar-refractivity contribution in [3.63, 3.8) is 0 Å². The Hall–Kier alpha value is -1.40. The second-order valence-electron chi connectivity index (χ2n) is 6.54. The van der Waals surface area contributed by atoms with Gasteiger partial charge in [0.05, 0.1) is 17.5 Å². The van der Waals surface area contributed by atoms with Crippen molar-refractivity contribution in [2.45, 2.75) is 44.6 Å². The van der Waals surface area contributed by atoms with Crippen LogP contribution in [0, 0.1) is 0 Å². The fourth-order valence-corrected chi connectivity index (χ4v) is 4.52. The molecule has 1 aromatic rings. The van der Waals surface area contributed by atoms with Gasteiger partial charge in [-0.2, -0.15) is 0 Å². The molecule has 2 heterocycles. The van der Waals surface area contributed by atoms with Gasteiger partial charge in [-0.05, 0) is 50.2 Å². The Kier molecular flexibility index (Phi) is 5.02. The number of amides is 2. The average molecular weight is 336 g/mol. The minimum absolute atomic E-state index is 0.0333. The van der Waals surface area contributed by atoms with Crippen LogP contribution in [-0.2, 0) is 17.6 Å². The van der Waals surface area contributed by atoms with Gasteiger partial charge in [-0.25, -0.2) is 0 Å². The summed E-state index contributed by atoms with van der Waals surface area (Å²) in [5, 5.41) is 9.51. The summed E-state index contributed by atoms with van der Waals surface area (Å²) in [6, 6.07) is 2.01. The van der Waals surface area contributed by atoms with E-state index in [0.29, 0.717) is 25.9 Å². The molecule has 6 heteroatoms. The lowest BCUT2D eigenvalue weighted by Gasteiger charge is -2.31. The minimum Gasteiger partial charge on any atom is -0.393 e. The molecular weight excluding hydrogens is 312 g/mol. The van der Waals surface area contributed by atoms with Crippen LogP contribution in [0.25, 0.3) is 0 Å². The van der Waals surface area contributed by atoms with Gasteiger partial charge >= 0.3 is 0 Å². The van der Waals surface area contributed by atoms with Crippen molar-refractivity contribution in [1.29, 1.82) is 0 Å². The van der Waals surface area contributed by atoms with Gasteiger partial charge in [0.2, 0.25) is 5.91 Å². The van der Waals surface area contributed by atoms with Crippen LogP contribution >= 0.6 is 11.3 Å². The first-order valence-corrected chi connectivity index (χ1v) is 9.19. The molecule has 2 aliphatic rings. The van der Waals surface area contributed by atoms with Gasteiger partial charge in [-0.1, -0.05) is 0 Å². The molecule has 0 atom stereocenters. The number of aliphatic hydroxyl groups is 1. The standard InChI is InChI=1S/C17H24N2O3S/c1-18(11-16(21)19-8-6-13(20)7-9-19)17(22)15-10-12-4-2-3-5-14(12)23-15/h10,13,20H,2-9,11H2,1H3. The lowest BCUT2D eigenvalue weighted by molar-refractivity contribution is -0.133. The SMILES string of the molecule is CN(CC(=O)N1CCC(O)CC1)C(=O)c1cc2c(s1)CCCC2. The van der Waals surface area contributed by atoms with E-state index < -0.39 is 0 Å². The molecule has 2 amide bonds. The van der Waals surface area contributed by atoms with Crippen LogP contribution in [0.5, 0.6) is 0 Å². The van der Waals surface area contributed by atoms with E-state index in [4.69, 9.17) is 0 Å². The highest BCUT2D eigenvalue weighted by Gasteiger charge is 2.25. The first kappa shape index (κ1) is 16.5. The Morgan fingerprint density at radius 3 is 2.70 bits per heavy atom. The molecule has 1 aliphatic carbocycles. The fourth-order valence-electron chi connectivity index (χ4n) is 3.27. The molecular formula is C17H24N2O3S. The Bertz CT molecular complexity index is 567. The van der Waals surface area contributed by atoms with Crippen LogP contribution in [0.15, 0.2) is 6.07 Å². The molecule has 3 rings (SSSR count). The number of piperidine rings is 1. The van der Waals surface area contributed by atoms with Crippen molar-refractivity contribution < 1.29 is 14.7 Å². The summed E-state index contributed by atoms with van der Waals surface area (Å²) in [5.41, 5.74) is 1.31. The van der Waals surface area contributed by atoms with Crippen molar-refractivity contribution in [2.24, 2.45) is 0 Å². The topological polar surface area (TPSA) is 60.9 Å². The minimum atomic E-state index is -0.296.